The first-order valence-corrected chi connectivity index (χ1v) is 11.1. The van der Waals surface area contributed by atoms with Gasteiger partial charge in [-0.3, -0.25) is 4.79 Å². The van der Waals surface area contributed by atoms with Gasteiger partial charge in [-0.05, 0) is 67.5 Å². The topological polar surface area (TPSA) is 57.7 Å². The number of carbonyl (C=O) groups excluding carboxylic acids is 1. The predicted octanol–water partition coefficient (Wildman–Crippen LogP) is 3.05. The zero-order chi connectivity index (χ0) is 20.2. The summed E-state index contributed by atoms with van der Waals surface area (Å²) in [4.78, 5) is 15.0. The summed E-state index contributed by atoms with van der Waals surface area (Å²) in [6.07, 6.45) is 0.820. The Kier molecular flexibility index (Phi) is 4.59. The van der Waals surface area contributed by atoms with Gasteiger partial charge < -0.3 is 4.90 Å². The molecule has 0 radical (unpaired) electrons. The minimum Gasteiger partial charge on any atom is -0.333 e. The molecule has 5 nitrogen and oxygen atoms in total. The molecule has 1 saturated heterocycles. The smallest absolute Gasteiger partial charge is 0.244 e. The van der Waals surface area contributed by atoms with Gasteiger partial charge >= 0.3 is 0 Å². The molecule has 0 saturated carbocycles. The number of rotatable bonds is 2. The molecule has 1 unspecified atom stereocenters. The summed E-state index contributed by atoms with van der Waals surface area (Å²) in [5, 5.41) is 0. The zero-order valence-corrected chi connectivity index (χ0v) is 17.6. The lowest BCUT2D eigenvalue weighted by molar-refractivity contribution is -0.138. The van der Waals surface area contributed by atoms with Crippen molar-refractivity contribution in [3.8, 4) is 0 Å². The highest BCUT2D eigenvalue weighted by Gasteiger charge is 2.42. The largest absolute Gasteiger partial charge is 0.333 e. The SMILES string of the molecule is Cc1cc(C)c(C)c(S(=O)(=O)N2CC(=O)N3CCc4ccccc4C3C2)c1C. The average Bonchev–Trinajstić information content (AvgIpc) is 2.66. The number of fused-ring (bicyclic) bond motifs is 3. The maximum atomic E-state index is 13.6. The lowest BCUT2D eigenvalue weighted by atomic mass is 9.91. The molecule has 2 heterocycles. The molecule has 2 aliphatic rings. The first-order chi connectivity index (χ1) is 13.2. The van der Waals surface area contributed by atoms with E-state index in [9.17, 15) is 13.2 Å². The highest BCUT2D eigenvalue weighted by Crippen LogP contribution is 2.36. The standard InChI is InChI=1S/C22H26N2O3S/c1-14-11-15(2)17(4)22(16(14)3)28(26,27)23-12-20-19-8-6-5-7-18(19)9-10-24(20)21(25)13-23/h5-8,11,20H,9-10,12-13H2,1-4H3. The monoisotopic (exact) mass is 398 g/mol. The Morgan fingerprint density at radius 1 is 1.00 bits per heavy atom. The van der Waals surface area contributed by atoms with Crippen molar-refractivity contribution in [1.29, 1.82) is 0 Å². The molecular weight excluding hydrogens is 372 g/mol. The van der Waals surface area contributed by atoms with E-state index in [-0.39, 0.29) is 18.5 Å². The van der Waals surface area contributed by atoms with Crippen molar-refractivity contribution in [2.45, 2.75) is 45.1 Å². The third-order valence-electron chi connectivity index (χ3n) is 6.32. The maximum Gasteiger partial charge on any atom is 0.244 e. The Labute approximate surface area is 167 Å². The quantitative estimate of drug-likeness (QED) is 0.781. The Bertz CT molecular complexity index is 1050. The minimum absolute atomic E-state index is 0.0904. The van der Waals surface area contributed by atoms with Gasteiger partial charge in [-0.2, -0.15) is 4.31 Å². The van der Waals surface area contributed by atoms with Crippen molar-refractivity contribution >= 4 is 15.9 Å². The fourth-order valence-electron chi connectivity index (χ4n) is 4.53. The van der Waals surface area contributed by atoms with Crippen molar-refractivity contribution in [2.75, 3.05) is 19.6 Å². The molecule has 1 atom stereocenters. The summed E-state index contributed by atoms with van der Waals surface area (Å²) in [6, 6.07) is 9.84. The van der Waals surface area contributed by atoms with Crippen LogP contribution in [0.25, 0.3) is 0 Å². The van der Waals surface area contributed by atoms with Gasteiger partial charge in [-0.25, -0.2) is 8.42 Å². The highest BCUT2D eigenvalue weighted by molar-refractivity contribution is 7.89. The number of sulfonamides is 1. The number of piperazine rings is 1. The van der Waals surface area contributed by atoms with E-state index in [1.807, 2.05) is 56.9 Å². The summed E-state index contributed by atoms with van der Waals surface area (Å²) < 4.78 is 28.6. The van der Waals surface area contributed by atoms with Crippen LogP contribution in [0.4, 0.5) is 0 Å². The molecule has 0 spiro atoms. The second-order valence-electron chi connectivity index (χ2n) is 7.94. The molecule has 0 aromatic heterocycles. The Balaban J connectivity index is 1.79. The van der Waals surface area contributed by atoms with E-state index in [1.54, 1.807) is 0 Å². The van der Waals surface area contributed by atoms with Gasteiger partial charge in [0.25, 0.3) is 0 Å². The molecule has 148 valence electrons. The van der Waals surface area contributed by atoms with E-state index >= 15 is 0 Å². The van der Waals surface area contributed by atoms with Crippen LogP contribution in [0.1, 0.15) is 39.4 Å². The second kappa shape index (κ2) is 6.71. The van der Waals surface area contributed by atoms with Crippen molar-refractivity contribution in [3.05, 3.63) is 63.7 Å². The molecule has 2 aliphatic heterocycles. The molecule has 0 N–H and O–H groups in total. The van der Waals surface area contributed by atoms with Gasteiger partial charge in [0.1, 0.15) is 0 Å². The van der Waals surface area contributed by atoms with Gasteiger partial charge in [-0.15, -0.1) is 0 Å². The van der Waals surface area contributed by atoms with Crippen LogP contribution < -0.4 is 0 Å². The number of benzene rings is 2. The lowest BCUT2D eigenvalue weighted by Crippen LogP contribution is -2.55. The van der Waals surface area contributed by atoms with E-state index in [0.29, 0.717) is 18.0 Å². The van der Waals surface area contributed by atoms with Crippen LogP contribution in [0.3, 0.4) is 0 Å². The van der Waals surface area contributed by atoms with E-state index < -0.39 is 10.0 Å². The van der Waals surface area contributed by atoms with Crippen molar-refractivity contribution in [3.63, 3.8) is 0 Å². The molecule has 1 amide bonds. The molecule has 2 aromatic carbocycles. The minimum atomic E-state index is -3.77. The number of hydrogen-bond donors (Lipinski definition) is 0. The Morgan fingerprint density at radius 3 is 2.32 bits per heavy atom. The first-order valence-electron chi connectivity index (χ1n) is 9.66. The van der Waals surface area contributed by atoms with Gasteiger partial charge in [0, 0.05) is 13.1 Å². The molecule has 4 rings (SSSR count). The van der Waals surface area contributed by atoms with E-state index in [2.05, 4.69) is 6.07 Å². The molecule has 0 aliphatic carbocycles. The second-order valence-corrected chi connectivity index (χ2v) is 9.81. The molecule has 0 bridgehead atoms. The maximum absolute atomic E-state index is 13.6. The van der Waals surface area contributed by atoms with Crippen molar-refractivity contribution in [2.24, 2.45) is 0 Å². The van der Waals surface area contributed by atoms with Gasteiger partial charge in [0.15, 0.2) is 0 Å². The van der Waals surface area contributed by atoms with Crippen LogP contribution in [0.2, 0.25) is 0 Å². The van der Waals surface area contributed by atoms with Gasteiger partial charge in [0.2, 0.25) is 15.9 Å². The number of nitrogens with zero attached hydrogens (tertiary/aromatic N) is 2. The summed E-state index contributed by atoms with van der Waals surface area (Å²) in [5.74, 6) is -0.117. The molecule has 6 heteroatoms. The Hall–Kier alpha value is -2.18. The Morgan fingerprint density at radius 2 is 1.64 bits per heavy atom. The van der Waals surface area contributed by atoms with Crippen LogP contribution in [-0.4, -0.2) is 43.2 Å². The number of aryl methyl sites for hydroxylation is 2. The summed E-state index contributed by atoms with van der Waals surface area (Å²) in [7, 11) is -3.77. The summed E-state index contributed by atoms with van der Waals surface area (Å²) >= 11 is 0. The molecule has 28 heavy (non-hydrogen) atoms. The fraction of sp³-hybridized carbons (Fsp3) is 0.409. The first kappa shape index (κ1) is 19.2. The predicted molar refractivity (Wildman–Crippen MR) is 109 cm³/mol. The van der Waals surface area contributed by atoms with Crippen molar-refractivity contribution < 1.29 is 13.2 Å². The normalized spacial score (nSPS) is 20.1. The lowest BCUT2D eigenvalue weighted by Gasteiger charge is -2.44. The van der Waals surface area contributed by atoms with Crippen LogP contribution in [0, 0.1) is 27.7 Å². The summed E-state index contributed by atoms with van der Waals surface area (Å²) in [5.41, 5.74) is 5.71. The van der Waals surface area contributed by atoms with E-state index in [0.717, 1.165) is 34.2 Å². The van der Waals surface area contributed by atoms with E-state index in [4.69, 9.17) is 0 Å². The number of carbonyl (C=O) groups is 1. The highest BCUT2D eigenvalue weighted by atomic mass is 32.2. The van der Waals surface area contributed by atoms with Crippen LogP contribution in [0.5, 0.6) is 0 Å². The number of hydrogen-bond acceptors (Lipinski definition) is 3. The van der Waals surface area contributed by atoms with Crippen molar-refractivity contribution in [1.82, 2.24) is 9.21 Å². The van der Waals surface area contributed by atoms with Crippen LogP contribution in [-0.2, 0) is 21.2 Å². The van der Waals surface area contributed by atoms with Gasteiger partial charge in [0.05, 0.1) is 17.5 Å². The molecule has 1 fully saturated rings. The molecular formula is C22H26N2O3S. The van der Waals surface area contributed by atoms with E-state index in [1.165, 1.54) is 9.87 Å². The summed E-state index contributed by atoms with van der Waals surface area (Å²) in [6.45, 7) is 8.42. The van der Waals surface area contributed by atoms with Gasteiger partial charge in [-0.1, -0.05) is 30.3 Å². The zero-order valence-electron chi connectivity index (χ0n) is 16.8. The third-order valence-corrected chi connectivity index (χ3v) is 8.40. The van der Waals surface area contributed by atoms with Crippen LogP contribution in [0.15, 0.2) is 35.2 Å². The number of amides is 1. The fourth-order valence-corrected chi connectivity index (χ4v) is 6.50. The average molecular weight is 399 g/mol. The third kappa shape index (κ3) is 2.86. The molecule has 2 aromatic rings. The van der Waals surface area contributed by atoms with Crippen LogP contribution >= 0.6 is 0 Å².